The predicted molar refractivity (Wildman–Crippen MR) is 102 cm³/mol. The molecule has 0 saturated heterocycles. The maximum absolute atomic E-state index is 12.2. The molecule has 2 aromatic carbocycles. The van der Waals surface area contributed by atoms with E-state index < -0.39 is 23.2 Å². The molecule has 0 unspecified atom stereocenters. The largest absolute Gasteiger partial charge is 0.452 e. The van der Waals surface area contributed by atoms with Crippen LogP contribution in [0.2, 0.25) is 5.02 Å². The highest BCUT2D eigenvalue weighted by molar-refractivity contribution is 8.00. The first-order valence-corrected chi connectivity index (χ1v) is 9.09. The highest BCUT2D eigenvalue weighted by Crippen LogP contribution is 2.25. The summed E-state index contributed by atoms with van der Waals surface area (Å²) >= 11 is 7.15. The molecule has 7 heteroatoms. The molecule has 1 amide bonds. The van der Waals surface area contributed by atoms with Crippen LogP contribution in [0.5, 0.6) is 0 Å². The predicted octanol–water partition coefficient (Wildman–Crippen LogP) is 4.26. The van der Waals surface area contributed by atoms with Crippen LogP contribution >= 0.6 is 23.4 Å². The van der Waals surface area contributed by atoms with Gasteiger partial charge in [-0.2, -0.15) is 5.26 Å². The van der Waals surface area contributed by atoms with Crippen LogP contribution in [-0.2, 0) is 14.3 Å². The SMILES string of the molecule is C[C@H](Sc1ccc(Cl)cc1)C(=O)O[C@H](C)C(=O)Nc1ccccc1C#N. The quantitative estimate of drug-likeness (QED) is 0.590. The number of carbonyl (C=O) groups excluding carboxylic acids is 2. The van der Waals surface area contributed by atoms with Crippen molar-refractivity contribution in [3.63, 3.8) is 0 Å². The normalized spacial score (nSPS) is 12.5. The molecule has 2 rings (SSSR count). The summed E-state index contributed by atoms with van der Waals surface area (Å²) in [6, 6.07) is 15.7. The minimum atomic E-state index is -0.984. The van der Waals surface area contributed by atoms with Crippen LogP contribution in [0.25, 0.3) is 0 Å². The molecule has 2 aromatic rings. The Hall–Kier alpha value is -2.49. The number of carbonyl (C=O) groups is 2. The summed E-state index contributed by atoms with van der Waals surface area (Å²) in [4.78, 5) is 25.3. The van der Waals surface area contributed by atoms with Gasteiger partial charge in [-0.05, 0) is 50.2 Å². The second-order valence-electron chi connectivity index (χ2n) is 5.44. The van der Waals surface area contributed by atoms with E-state index in [4.69, 9.17) is 21.6 Å². The zero-order chi connectivity index (χ0) is 19.1. The van der Waals surface area contributed by atoms with Crippen molar-refractivity contribution in [2.75, 3.05) is 5.32 Å². The number of amides is 1. The molecule has 0 aliphatic rings. The number of nitrogens with one attached hydrogen (secondary N) is 1. The van der Waals surface area contributed by atoms with Crippen LogP contribution in [-0.4, -0.2) is 23.2 Å². The maximum atomic E-state index is 12.2. The lowest BCUT2D eigenvalue weighted by Crippen LogP contribution is -2.32. The molecule has 0 aliphatic heterocycles. The number of ether oxygens (including phenoxy) is 1. The molecule has 2 atom stereocenters. The van der Waals surface area contributed by atoms with Gasteiger partial charge in [0.05, 0.1) is 11.3 Å². The van der Waals surface area contributed by atoms with Crippen molar-refractivity contribution in [2.24, 2.45) is 0 Å². The molecule has 0 aliphatic carbocycles. The molecule has 5 nitrogen and oxygen atoms in total. The van der Waals surface area contributed by atoms with Gasteiger partial charge in [0.15, 0.2) is 6.10 Å². The fourth-order valence-corrected chi connectivity index (χ4v) is 2.99. The third-order valence-corrected chi connectivity index (χ3v) is 4.77. The van der Waals surface area contributed by atoms with Gasteiger partial charge in [-0.3, -0.25) is 9.59 Å². The highest BCUT2D eigenvalue weighted by Gasteiger charge is 2.23. The summed E-state index contributed by atoms with van der Waals surface area (Å²) in [5.74, 6) is -0.995. The van der Waals surface area contributed by atoms with Crippen LogP contribution < -0.4 is 5.32 Å². The van der Waals surface area contributed by atoms with Gasteiger partial charge in [-0.1, -0.05) is 23.7 Å². The van der Waals surface area contributed by atoms with E-state index in [0.717, 1.165) is 4.90 Å². The number of para-hydroxylation sites is 1. The lowest BCUT2D eigenvalue weighted by Gasteiger charge is -2.17. The van der Waals surface area contributed by atoms with Gasteiger partial charge >= 0.3 is 5.97 Å². The van der Waals surface area contributed by atoms with E-state index >= 15 is 0 Å². The Morgan fingerprint density at radius 2 is 1.81 bits per heavy atom. The summed E-state index contributed by atoms with van der Waals surface area (Å²) < 4.78 is 5.23. The molecule has 0 bridgehead atoms. The highest BCUT2D eigenvalue weighted by atomic mass is 35.5. The molecule has 0 radical (unpaired) electrons. The number of anilines is 1. The third-order valence-electron chi connectivity index (χ3n) is 3.43. The van der Waals surface area contributed by atoms with E-state index in [1.165, 1.54) is 18.7 Å². The topological polar surface area (TPSA) is 79.2 Å². The molecule has 0 aromatic heterocycles. The summed E-state index contributed by atoms with van der Waals surface area (Å²) in [6.07, 6.45) is -0.984. The van der Waals surface area contributed by atoms with Gasteiger partial charge in [-0.15, -0.1) is 11.8 Å². The van der Waals surface area contributed by atoms with Crippen molar-refractivity contribution in [1.29, 1.82) is 5.26 Å². The first kappa shape index (κ1) is 19.8. The van der Waals surface area contributed by atoms with Crippen molar-refractivity contribution in [3.8, 4) is 6.07 Å². The monoisotopic (exact) mass is 388 g/mol. The fraction of sp³-hybridized carbons (Fsp3) is 0.211. The summed E-state index contributed by atoms with van der Waals surface area (Å²) in [7, 11) is 0. The van der Waals surface area contributed by atoms with E-state index in [-0.39, 0.29) is 0 Å². The molecule has 134 valence electrons. The Balaban J connectivity index is 1.92. The summed E-state index contributed by atoms with van der Waals surface area (Å²) in [6.45, 7) is 3.19. The molecule has 0 saturated carbocycles. The summed E-state index contributed by atoms with van der Waals surface area (Å²) in [5, 5.41) is 11.8. The average Bonchev–Trinajstić information content (AvgIpc) is 2.63. The number of hydrogen-bond acceptors (Lipinski definition) is 5. The Bertz CT molecular complexity index is 833. The van der Waals surface area contributed by atoms with Crippen LogP contribution in [0.3, 0.4) is 0 Å². The number of esters is 1. The Labute approximate surface area is 161 Å². The van der Waals surface area contributed by atoms with Crippen molar-refractivity contribution >= 4 is 40.9 Å². The Morgan fingerprint density at radius 1 is 1.15 bits per heavy atom. The van der Waals surface area contributed by atoms with Crippen LogP contribution in [0.1, 0.15) is 19.4 Å². The zero-order valence-corrected chi connectivity index (χ0v) is 15.8. The molecule has 26 heavy (non-hydrogen) atoms. The van der Waals surface area contributed by atoms with Gasteiger partial charge in [-0.25, -0.2) is 0 Å². The van der Waals surface area contributed by atoms with Crippen molar-refractivity contribution in [2.45, 2.75) is 30.1 Å². The number of thioether (sulfide) groups is 1. The van der Waals surface area contributed by atoms with Crippen molar-refractivity contribution in [1.82, 2.24) is 0 Å². The molecule has 1 N–H and O–H groups in total. The van der Waals surface area contributed by atoms with E-state index in [0.29, 0.717) is 16.3 Å². The number of rotatable bonds is 6. The van der Waals surface area contributed by atoms with Crippen molar-refractivity contribution < 1.29 is 14.3 Å². The number of benzene rings is 2. The molecule has 0 fully saturated rings. The van der Waals surface area contributed by atoms with Crippen LogP contribution in [0.4, 0.5) is 5.69 Å². The molecular weight excluding hydrogens is 372 g/mol. The minimum absolute atomic E-state index is 0.339. The fourth-order valence-electron chi connectivity index (χ4n) is 2.01. The zero-order valence-electron chi connectivity index (χ0n) is 14.2. The molecular formula is C19H17ClN2O3S. The first-order valence-electron chi connectivity index (χ1n) is 7.83. The van der Waals surface area contributed by atoms with Gasteiger partial charge in [0.2, 0.25) is 0 Å². The minimum Gasteiger partial charge on any atom is -0.452 e. The number of nitriles is 1. The van der Waals surface area contributed by atoms with E-state index in [9.17, 15) is 9.59 Å². The smallest absolute Gasteiger partial charge is 0.319 e. The van der Waals surface area contributed by atoms with Crippen molar-refractivity contribution in [3.05, 3.63) is 59.1 Å². The molecule has 0 heterocycles. The number of hydrogen-bond donors (Lipinski definition) is 1. The lowest BCUT2D eigenvalue weighted by molar-refractivity contribution is -0.152. The average molecular weight is 389 g/mol. The first-order chi connectivity index (χ1) is 12.4. The van der Waals surface area contributed by atoms with Crippen LogP contribution in [0, 0.1) is 11.3 Å². The Kier molecular flexibility index (Phi) is 7.07. The maximum Gasteiger partial charge on any atom is 0.319 e. The number of nitrogens with zero attached hydrogens (tertiary/aromatic N) is 1. The van der Waals surface area contributed by atoms with E-state index in [1.807, 2.05) is 18.2 Å². The second-order valence-corrected chi connectivity index (χ2v) is 7.29. The van der Waals surface area contributed by atoms with Gasteiger partial charge in [0.1, 0.15) is 11.3 Å². The van der Waals surface area contributed by atoms with Crippen LogP contribution in [0.15, 0.2) is 53.4 Å². The van der Waals surface area contributed by atoms with E-state index in [2.05, 4.69) is 5.32 Å². The van der Waals surface area contributed by atoms with Gasteiger partial charge < -0.3 is 10.1 Å². The Morgan fingerprint density at radius 3 is 2.46 bits per heavy atom. The summed E-state index contributed by atoms with van der Waals surface area (Å²) in [5.41, 5.74) is 0.720. The third kappa shape index (κ3) is 5.51. The second kappa shape index (κ2) is 9.27. The van der Waals surface area contributed by atoms with Gasteiger partial charge in [0.25, 0.3) is 5.91 Å². The van der Waals surface area contributed by atoms with E-state index in [1.54, 1.807) is 43.3 Å². The molecule has 0 spiro atoms. The van der Waals surface area contributed by atoms with Gasteiger partial charge in [0, 0.05) is 9.92 Å². The lowest BCUT2D eigenvalue weighted by atomic mass is 10.2. The number of halogens is 1. The standard InChI is InChI=1S/C19H17ClN2O3S/c1-12(18(23)22-17-6-4-3-5-14(17)11-21)25-19(24)13(2)26-16-9-7-15(20)8-10-16/h3-10,12-13H,1-2H3,(H,22,23)/t12-,13+/m1/s1.